The quantitative estimate of drug-likeness (QED) is 0.167. The van der Waals surface area contributed by atoms with Gasteiger partial charge in [0.1, 0.15) is 5.75 Å². The average molecular weight is 549 g/mol. The van der Waals surface area contributed by atoms with Crippen molar-refractivity contribution in [3.63, 3.8) is 0 Å². The molecule has 0 saturated carbocycles. The number of benzene rings is 2. The number of carboxylic acids is 1. The number of nitrogens with two attached hydrogens (primary N) is 2. The number of halogens is 5. The SMILES string of the molecule is NC(N)=Nc1cc(C(=O)CCCC(=O)NC(CC(=O)O)c2cc(Cl)cc(Cl)c2O)cc(C(F)(F)F)c1. The van der Waals surface area contributed by atoms with E-state index in [4.69, 9.17) is 34.7 Å². The number of carbonyl (C=O) groups excluding carboxylic acids is 2. The fraction of sp³-hybridized carbons (Fsp3) is 0.273. The van der Waals surface area contributed by atoms with Crippen molar-refractivity contribution in [3.8, 4) is 5.75 Å². The van der Waals surface area contributed by atoms with Gasteiger partial charge in [-0.25, -0.2) is 4.99 Å². The van der Waals surface area contributed by atoms with Crippen LogP contribution in [0.15, 0.2) is 35.3 Å². The van der Waals surface area contributed by atoms with E-state index in [1.807, 2.05) is 0 Å². The summed E-state index contributed by atoms with van der Waals surface area (Å²) in [5, 5.41) is 21.7. The van der Waals surface area contributed by atoms with E-state index in [0.29, 0.717) is 12.1 Å². The van der Waals surface area contributed by atoms with Crippen LogP contribution < -0.4 is 16.8 Å². The number of ketones is 1. The van der Waals surface area contributed by atoms with E-state index in [1.165, 1.54) is 12.1 Å². The molecule has 1 amide bonds. The van der Waals surface area contributed by atoms with Crippen LogP contribution in [0.4, 0.5) is 18.9 Å². The Balaban J connectivity index is 2.11. The zero-order chi connectivity index (χ0) is 27.2. The van der Waals surface area contributed by atoms with Crippen LogP contribution in [0.3, 0.4) is 0 Å². The van der Waals surface area contributed by atoms with Gasteiger partial charge in [0.2, 0.25) is 5.91 Å². The molecule has 0 heterocycles. The monoisotopic (exact) mass is 548 g/mol. The topological polar surface area (TPSA) is 168 Å². The molecule has 0 aliphatic heterocycles. The van der Waals surface area contributed by atoms with Crippen molar-refractivity contribution in [1.29, 1.82) is 0 Å². The zero-order valence-corrected chi connectivity index (χ0v) is 19.9. The first kappa shape index (κ1) is 28.7. The summed E-state index contributed by atoms with van der Waals surface area (Å²) in [6.07, 6.45) is -5.99. The lowest BCUT2D eigenvalue weighted by atomic mass is 10.0. The minimum absolute atomic E-state index is 0.0180. The van der Waals surface area contributed by atoms with E-state index >= 15 is 0 Å². The van der Waals surface area contributed by atoms with E-state index in [0.717, 1.165) is 6.07 Å². The molecule has 2 aromatic rings. The predicted molar refractivity (Wildman–Crippen MR) is 126 cm³/mol. The molecule has 0 saturated heterocycles. The zero-order valence-electron chi connectivity index (χ0n) is 18.4. The number of phenols is 1. The number of guanidine groups is 1. The normalized spacial score (nSPS) is 12.0. The molecular formula is C22H21Cl2F3N4O5. The van der Waals surface area contributed by atoms with Gasteiger partial charge in [-0.1, -0.05) is 23.2 Å². The van der Waals surface area contributed by atoms with E-state index in [2.05, 4.69) is 10.3 Å². The molecule has 2 rings (SSSR count). The highest BCUT2D eigenvalue weighted by molar-refractivity contribution is 6.35. The van der Waals surface area contributed by atoms with Gasteiger partial charge in [0, 0.05) is 29.0 Å². The van der Waals surface area contributed by atoms with Crippen LogP contribution in [0.2, 0.25) is 10.0 Å². The standard InChI is InChI=1S/C22H21Cl2F3N4O5/c23-12-7-14(20(36)15(24)8-12)16(9-19(34)35)31-18(33)3-1-2-17(32)10-4-11(22(25,26)27)6-13(5-10)30-21(28)29/h4-8,16,36H,1-3,9H2,(H,31,33)(H,34,35)(H4,28,29,30). The molecule has 0 spiro atoms. The molecule has 0 aromatic heterocycles. The summed E-state index contributed by atoms with van der Waals surface area (Å²) in [5.41, 5.74) is 8.72. The number of amides is 1. The number of aliphatic carboxylic acids is 1. The number of hydrogen-bond acceptors (Lipinski definition) is 5. The molecule has 2 aromatic carbocycles. The molecule has 0 bridgehead atoms. The number of carboxylic acid groups (broad SMARTS) is 1. The second kappa shape index (κ2) is 12.0. The fourth-order valence-corrected chi connectivity index (χ4v) is 3.74. The van der Waals surface area contributed by atoms with Gasteiger partial charge in [-0.3, -0.25) is 14.4 Å². The van der Waals surface area contributed by atoms with Crippen LogP contribution in [0.1, 0.15) is 53.2 Å². The molecule has 0 aliphatic carbocycles. The Morgan fingerprint density at radius 2 is 1.72 bits per heavy atom. The largest absolute Gasteiger partial charge is 0.506 e. The van der Waals surface area contributed by atoms with Crippen molar-refractivity contribution in [3.05, 3.63) is 57.1 Å². The Morgan fingerprint density at radius 3 is 2.31 bits per heavy atom. The molecule has 1 unspecified atom stereocenters. The highest BCUT2D eigenvalue weighted by atomic mass is 35.5. The number of alkyl halides is 3. The number of aliphatic imine (C=N–C) groups is 1. The summed E-state index contributed by atoms with van der Waals surface area (Å²) < 4.78 is 39.6. The van der Waals surface area contributed by atoms with Gasteiger partial charge in [-0.15, -0.1) is 0 Å². The van der Waals surface area contributed by atoms with E-state index < -0.39 is 53.6 Å². The van der Waals surface area contributed by atoms with E-state index in [-0.39, 0.29) is 46.1 Å². The summed E-state index contributed by atoms with van der Waals surface area (Å²) >= 11 is 11.8. The van der Waals surface area contributed by atoms with Gasteiger partial charge >= 0.3 is 12.1 Å². The van der Waals surface area contributed by atoms with Crippen molar-refractivity contribution in [2.24, 2.45) is 16.5 Å². The Kier molecular flexibility index (Phi) is 9.54. The molecule has 0 fully saturated rings. The second-order valence-electron chi connectivity index (χ2n) is 7.62. The molecule has 0 aliphatic rings. The molecule has 36 heavy (non-hydrogen) atoms. The number of carbonyl (C=O) groups is 3. The average Bonchev–Trinajstić information content (AvgIpc) is 2.74. The van der Waals surface area contributed by atoms with Crippen molar-refractivity contribution in [1.82, 2.24) is 5.32 Å². The van der Waals surface area contributed by atoms with Crippen LogP contribution in [-0.2, 0) is 15.8 Å². The molecular weight excluding hydrogens is 528 g/mol. The summed E-state index contributed by atoms with van der Waals surface area (Å²) in [5.74, 6) is -3.60. The third-order valence-electron chi connectivity index (χ3n) is 4.78. The maximum Gasteiger partial charge on any atom is 0.416 e. The van der Waals surface area contributed by atoms with Crippen LogP contribution in [-0.4, -0.2) is 33.8 Å². The van der Waals surface area contributed by atoms with Crippen LogP contribution in [0.25, 0.3) is 0 Å². The summed E-state index contributed by atoms with van der Waals surface area (Å²) in [6.45, 7) is 0. The molecule has 9 nitrogen and oxygen atoms in total. The summed E-state index contributed by atoms with van der Waals surface area (Å²) in [4.78, 5) is 39.7. The highest BCUT2D eigenvalue weighted by Crippen LogP contribution is 2.36. The van der Waals surface area contributed by atoms with Crippen LogP contribution in [0, 0.1) is 0 Å². The maximum atomic E-state index is 13.2. The predicted octanol–water partition coefficient (Wildman–Crippen LogP) is 4.31. The van der Waals surface area contributed by atoms with Gasteiger partial charge < -0.3 is 27.0 Å². The van der Waals surface area contributed by atoms with E-state index in [9.17, 15) is 37.8 Å². The molecule has 14 heteroatoms. The Hall–Kier alpha value is -3.51. The number of nitrogens with one attached hydrogen (secondary N) is 1. The van der Waals surface area contributed by atoms with Crippen molar-refractivity contribution < 1.29 is 37.8 Å². The first-order valence-corrected chi connectivity index (χ1v) is 11.0. The van der Waals surface area contributed by atoms with E-state index in [1.54, 1.807) is 0 Å². The van der Waals surface area contributed by atoms with Gasteiger partial charge in [-0.2, -0.15) is 13.2 Å². The number of Topliss-reactive ketones (excluding diaryl/α,β-unsaturated/α-hetero) is 1. The Labute approximate surface area is 212 Å². The second-order valence-corrected chi connectivity index (χ2v) is 8.47. The highest BCUT2D eigenvalue weighted by Gasteiger charge is 2.32. The first-order chi connectivity index (χ1) is 16.7. The van der Waals surface area contributed by atoms with Gasteiger partial charge in [-0.05, 0) is 36.8 Å². The first-order valence-electron chi connectivity index (χ1n) is 10.2. The Morgan fingerprint density at radius 1 is 1.06 bits per heavy atom. The number of nitrogens with zero attached hydrogens (tertiary/aromatic N) is 1. The smallest absolute Gasteiger partial charge is 0.416 e. The molecule has 1 atom stereocenters. The molecule has 0 radical (unpaired) electrons. The molecule has 194 valence electrons. The Bertz CT molecular complexity index is 1200. The van der Waals surface area contributed by atoms with Gasteiger partial charge in [0.05, 0.1) is 28.7 Å². The number of hydrogen-bond donors (Lipinski definition) is 5. The summed E-state index contributed by atoms with van der Waals surface area (Å²) in [6, 6.07) is 3.73. The third-order valence-corrected chi connectivity index (χ3v) is 5.29. The number of rotatable bonds is 10. The van der Waals surface area contributed by atoms with Crippen molar-refractivity contribution in [2.75, 3.05) is 0 Å². The number of aromatic hydroxyl groups is 1. The lowest BCUT2D eigenvalue weighted by Gasteiger charge is -2.19. The molecule has 7 N–H and O–H groups in total. The van der Waals surface area contributed by atoms with Crippen LogP contribution in [0.5, 0.6) is 5.75 Å². The van der Waals surface area contributed by atoms with Crippen molar-refractivity contribution in [2.45, 2.75) is 37.9 Å². The minimum Gasteiger partial charge on any atom is -0.506 e. The van der Waals surface area contributed by atoms with Gasteiger partial charge in [0.15, 0.2) is 11.7 Å². The lowest BCUT2D eigenvalue weighted by molar-refractivity contribution is -0.138. The van der Waals surface area contributed by atoms with Gasteiger partial charge in [0.25, 0.3) is 0 Å². The lowest BCUT2D eigenvalue weighted by Crippen LogP contribution is -2.30. The summed E-state index contributed by atoms with van der Waals surface area (Å²) in [7, 11) is 0. The minimum atomic E-state index is -4.75. The number of phenolic OH excluding ortho intramolecular Hbond substituents is 1. The third kappa shape index (κ3) is 8.31. The van der Waals surface area contributed by atoms with Crippen LogP contribution >= 0.6 is 23.2 Å². The van der Waals surface area contributed by atoms with Crippen molar-refractivity contribution >= 4 is 52.5 Å². The fourth-order valence-electron chi connectivity index (χ4n) is 3.23. The maximum absolute atomic E-state index is 13.2.